The van der Waals surface area contributed by atoms with Crippen molar-refractivity contribution in [1.82, 2.24) is 4.90 Å². The van der Waals surface area contributed by atoms with Gasteiger partial charge in [0, 0.05) is 18.7 Å². The van der Waals surface area contributed by atoms with Crippen molar-refractivity contribution in [1.29, 1.82) is 0 Å². The molecule has 1 aliphatic rings. The van der Waals surface area contributed by atoms with Gasteiger partial charge in [-0.1, -0.05) is 0 Å². The van der Waals surface area contributed by atoms with Crippen LogP contribution in [0.4, 0.5) is 0 Å². The Morgan fingerprint density at radius 1 is 1.33 bits per heavy atom. The summed E-state index contributed by atoms with van der Waals surface area (Å²) in [4.78, 5) is 13.3. The standard InChI is InChI=1S/C16H23NO4/c1-11-7-15(21-3)13(8-14(11)20-2)10-17-6-4-5-12(9-17)16(18)19/h7-8,12H,4-6,9-10H2,1-3H3,(H,18,19). The van der Waals surface area contributed by atoms with Crippen LogP contribution >= 0.6 is 0 Å². The summed E-state index contributed by atoms with van der Waals surface area (Å²) in [6, 6.07) is 3.95. The molecule has 1 N–H and O–H groups in total. The first-order valence-corrected chi connectivity index (χ1v) is 7.21. The summed E-state index contributed by atoms with van der Waals surface area (Å²) in [6.45, 7) is 4.17. The lowest BCUT2D eigenvalue weighted by molar-refractivity contribution is -0.143. The zero-order chi connectivity index (χ0) is 15.4. The number of hydrogen-bond acceptors (Lipinski definition) is 4. The van der Waals surface area contributed by atoms with Crippen molar-refractivity contribution in [3.05, 3.63) is 23.3 Å². The number of ether oxygens (including phenoxy) is 2. The maximum absolute atomic E-state index is 11.1. The van der Waals surface area contributed by atoms with Crippen LogP contribution in [0.1, 0.15) is 24.0 Å². The number of rotatable bonds is 5. The number of nitrogens with zero attached hydrogens (tertiary/aromatic N) is 1. The Bertz CT molecular complexity index is 515. The minimum absolute atomic E-state index is 0.267. The summed E-state index contributed by atoms with van der Waals surface area (Å²) < 4.78 is 10.8. The molecule has 1 aromatic rings. The molecule has 1 aliphatic heterocycles. The van der Waals surface area contributed by atoms with Crippen LogP contribution < -0.4 is 9.47 Å². The van der Waals surface area contributed by atoms with Gasteiger partial charge in [-0.3, -0.25) is 9.69 Å². The van der Waals surface area contributed by atoms with Crippen LogP contribution in [0.15, 0.2) is 12.1 Å². The van der Waals surface area contributed by atoms with E-state index in [0.29, 0.717) is 13.1 Å². The first-order chi connectivity index (χ1) is 10.0. The number of hydrogen-bond donors (Lipinski definition) is 1. The van der Waals surface area contributed by atoms with Crippen LogP contribution in [0.3, 0.4) is 0 Å². The molecule has 0 bridgehead atoms. The maximum Gasteiger partial charge on any atom is 0.307 e. The third kappa shape index (κ3) is 3.67. The fourth-order valence-electron chi connectivity index (χ4n) is 2.88. The van der Waals surface area contributed by atoms with Gasteiger partial charge in [-0.25, -0.2) is 0 Å². The first-order valence-electron chi connectivity index (χ1n) is 7.21. The second-order valence-corrected chi connectivity index (χ2v) is 5.55. The van der Waals surface area contributed by atoms with Crippen molar-refractivity contribution in [2.45, 2.75) is 26.3 Å². The number of likely N-dealkylation sites (tertiary alicyclic amines) is 1. The number of aliphatic carboxylic acids is 1. The van der Waals surface area contributed by atoms with Crippen LogP contribution in [0.5, 0.6) is 11.5 Å². The van der Waals surface area contributed by atoms with Crippen LogP contribution in [0.2, 0.25) is 0 Å². The Morgan fingerprint density at radius 2 is 2.05 bits per heavy atom. The molecule has 21 heavy (non-hydrogen) atoms. The first kappa shape index (κ1) is 15.6. The predicted molar refractivity (Wildman–Crippen MR) is 79.9 cm³/mol. The molecular weight excluding hydrogens is 270 g/mol. The molecule has 1 fully saturated rings. The lowest BCUT2D eigenvalue weighted by atomic mass is 9.97. The number of carbonyl (C=O) groups is 1. The maximum atomic E-state index is 11.1. The summed E-state index contributed by atoms with van der Waals surface area (Å²) in [6.07, 6.45) is 1.68. The molecule has 0 saturated carbocycles. The van der Waals surface area contributed by atoms with Gasteiger partial charge in [0.1, 0.15) is 11.5 Å². The van der Waals surface area contributed by atoms with E-state index in [1.165, 1.54) is 0 Å². The average Bonchev–Trinajstić information content (AvgIpc) is 2.48. The topological polar surface area (TPSA) is 59.0 Å². The van der Waals surface area contributed by atoms with Gasteiger partial charge < -0.3 is 14.6 Å². The molecule has 1 unspecified atom stereocenters. The Hall–Kier alpha value is -1.75. The third-order valence-corrected chi connectivity index (χ3v) is 4.05. The zero-order valence-corrected chi connectivity index (χ0v) is 12.9. The molecule has 1 heterocycles. The van der Waals surface area contributed by atoms with Gasteiger partial charge in [0.2, 0.25) is 0 Å². The van der Waals surface area contributed by atoms with Gasteiger partial charge in [0.15, 0.2) is 0 Å². The highest BCUT2D eigenvalue weighted by atomic mass is 16.5. The van der Waals surface area contributed by atoms with Gasteiger partial charge in [-0.15, -0.1) is 0 Å². The molecule has 2 rings (SSSR count). The monoisotopic (exact) mass is 293 g/mol. The number of carboxylic acids is 1. The van der Waals surface area contributed by atoms with E-state index < -0.39 is 5.97 Å². The van der Waals surface area contributed by atoms with E-state index in [0.717, 1.165) is 42.0 Å². The zero-order valence-electron chi connectivity index (χ0n) is 12.9. The Labute approximate surface area is 125 Å². The molecule has 1 atom stereocenters. The molecule has 0 aromatic heterocycles. The molecule has 5 nitrogen and oxygen atoms in total. The van der Waals surface area contributed by atoms with E-state index in [2.05, 4.69) is 4.90 Å². The summed E-state index contributed by atoms with van der Waals surface area (Å²) in [7, 11) is 3.31. The number of piperidine rings is 1. The van der Waals surface area contributed by atoms with Crippen molar-refractivity contribution in [3.63, 3.8) is 0 Å². The SMILES string of the molecule is COc1cc(CN2CCCC(C(=O)O)C2)c(OC)cc1C. The Balaban J connectivity index is 2.16. The van der Waals surface area contributed by atoms with E-state index in [9.17, 15) is 9.90 Å². The second kappa shape index (κ2) is 6.80. The van der Waals surface area contributed by atoms with Crippen molar-refractivity contribution in [2.24, 2.45) is 5.92 Å². The predicted octanol–water partition coefficient (Wildman–Crippen LogP) is 2.31. The van der Waals surface area contributed by atoms with Crippen LogP contribution in [-0.2, 0) is 11.3 Å². The molecule has 0 aliphatic carbocycles. The van der Waals surface area contributed by atoms with E-state index in [1.54, 1.807) is 14.2 Å². The molecule has 1 saturated heterocycles. The minimum Gasteiger partial charge on any atom is -0.496 e. The number of aryl methyl sites for hydroxylation is 1. The number of methoxy groups -OCH3 is 2. The molecule has 0 amide bonds. The van der Waals surface area contributed by atoms with Gasteiger partial charge in [0.25, 0.3) is 0 Å². The Morgan fingerprint density at radius 3 is 2.67 bits per heavy atom. The average molecular weight is 293 g/mol. The van der Waals surface area contributed by atoms with Crippen LogP contribution in [0, 0.1) is 12.8 Å². The van der Waals surface area contributed by atoms with E-state index in [-0.39, 0.29) is 5.92 Å². The van der Waals surface area contributed by atoms with Crippen molar-refractivity contribution < 1.29 is 19.4 Å². The fourth-order valence-corrected chi connectivity index (χ4v) is 2.88. The second-order valence-electron chi connectivity index (χ2n) is 5.55. The summed E-state index contributed by atoms with van der Waals surface area (Å²) in [5, 5.41) is 9.17. The van der Waals surface area contributed by atoms with Crippen molar-refractivity contribution in [2.75, 3.05) is 27.3 Å². The van der Waals surface area contributed by atoms with E-state index >= 15 is 0 Å². The largest absolute Gasteiger partial charge is 0.496 e. The molecule has 0 radical (unpaired) electrons. The molecular formula is C16H23NO4. The van der Waals surface area contributed by atoms with Gasteiger partial charge in [-0.05, 0) is 44.0 Å². The molecule has 1 aromatic carbocycles. The Kier molecular flexibility index (Phi) is 5.07. The fraction of sp³-hybridized carbons (Fsp3) is 0.562. The highest BCUT2D eigenvalue weighted by molar-refractivity contribution is 5.70. The van der Waals surface area contributed by atoms with Gasteiger partial charge >= 0.3 is 5.97 Å². The summed E-state index contributed by atoms with van der Waals surface area (Å²) in [5.41, 5.74) is 2.06. The molecule has 116 valence electrons. The smallest absolute Gasteiger partial charge is 0.307 e. The number of benzene rings is 1. The minimum atomic E-state index is -0.701. The quantitative estimate of drug-likeness (QED) is 0.902. The highest BCUT2D eigenvalue weighted by Crippen LogP contribution is 2.30. The van der Waals surface area contributed by atoms with Crippen molar-refractivity contribution in [3.8, 4) is 11.5 Å². The van der Waals surface area contributed by atoms with Crippen LogP contribution in [0.25, 0.3) is 0 Å². The lowest BCUT2D eigenvalue weighted by Crippen LogP contribution is -2.38. The number of carboxylic acid groups (broad SMARTS) is 1. The lowest BCUT2D eigenvalue weighted by Gasteiger charge is -2.31. The molecule has 0 spiro atoms. The third-order valence-electron chi connectivity index (χ3n) is 4.05. The molecule has 5 heteroatoms. The van der Waals surface area contributed by atoms with E-state index in [4.69, 9.17) is 9.47 Å². The van der Waals surface area contributed by atoms with E-state index in [1.807, 2.05) is 19.1 Å². The highest BCUT2D eigenvalue weighted by Gasteiger charge is 2.26. The van der Waals surface area contributed by atoms with Crippen LogP contribution in [-0.4, -0.2) is 43.3 Å². The van der Waals surface area contributed by atoms with Gasteiger partial charge in [-0.2, -0.15) is 0 Å². The van der Waals surface area contributed by atoms with Crippen molar-refractivity contribution >= 4 is 5.97 Å². The van der Waals surface area contributed by atoms with Gasteiger partial charge in [0.05, 0.1) is 20.1 Å². The summed E-state index contributed by atoms with van der Waals surface area (Å²) >= 11 is 0. The summed E-state index contributed by atoms with van der Waals surface area (Å²) in [5.74, 6) is 0.689. The normalized spacial score (nSPS) is 19.3.